The summed E-state index contributed by atoms with van der Waals surface area (Å²) < 4.78 is 1.19. The van der Waals surface area contributed by atoms with Crippen molar-refractivity contribution in [3.63, 3.8) is 0 Å². The number of piperazine rings is 1. The molecule has 1 aliphatic heterocycles. The van der Waals surface area contributed by atoms with Crippen LogP contribution in [-0.2, 0) is 23.1 Å². The van der Waals surface area contributed by atoms with E-state index >= 15 is 0 Å². The van der Waals surface area contributed by atoms with Crippen LogP contribution in [-0.4, -0.2) is 71.5 Å². The van der Waals surface area contributed by atoms with Crippen molar-refractivity contribution >= 4 is 17.0 Å². The number of phenolic OH excluding ortho intramolecular Hbond substituents is 1. The van der Waals surface area contributed by atoms with Crippen molar-refractivity contribution in [2.24, 2.45) is 0 Å². The number of rotatable bonds is 7. The summed E-state index contributed by atoms with van der Waals surface area (Å²) in [6, 6.07) is 9.13. The average Bonchev–Trinajstić information content (AvgIpc) is 3.24. The van der Waals surface area contributed by atoms with Gasteiger partial charge in [0.05, 0.1) is 11.1 Å². The standard InChI is InChI=1S/C30H41N5O4/c1-28(2,3)21-17-19(13-16-25(36)37)20(14-15-24-30(6,7)33(8)29(4,5)18-34(24)39)26(27(21)38)35-31-22-11-9-10-12-23(22)32-35/h9-12,17,24H,13-16,18H2,1-8H3,(H-,36,37,38)/p+1. The summed E-state index contributed by atoms with van der Waals surface area (Å²) >= 11 is 0. The Kier molecular flexibility index (Phi) is 7.36. The molecule has 1 aliphatic rings. The van der Waals surface area contributed by atoms with Gasteiger partial charge in [0, 0.05) is 28.1 Å². The molecule has 39 heavy (non-hydrogen) atoms. The first-order chi connectivity index (χ1) is 18.0. The van der Waals surface area contributed by atoms with Gasteiger partial charge in [0.2, 0.25) is 12.6 Å². The van der Waals surface area contributed by atoms with Crippen LogP contribution in [0.25, 0.3) is 16.7 Å². The number of fused-ring (bicyclic) bond motifs is 1. The maximum absolute atomic E-state index is 13.4. The number of benzene rings is 2. The summed E-state index contributed by atoms with van der Waals surface area (Å²) in [5.41, 5.74) is 3.06. The third-order valence-electron chi connectivity index (χ3n) is 8.52. The second kappa shape index (κ2) is 10.0. The fraction of sp³-hybridized carbons (Fsp3) is 0.567. The number of likely N-dealkylation sites (N-methyl/N-ethyl adjacent to an activating group) is 1. The zero-order valence-electron chi connectivity index (χ0n) is 24.4. The highest BCUT2D eigenvalue weighted by Crippen LogP contribution is 2.41. The molecular weight excluding hydrogens is 494 g/mol. The van der Waals surface area contributed by atoms with Crippen molar-refractivity contribution in [2.75, 3.05) is 13.6 Å². The molecule has 0 bridgehead atoms. The Labute approximate surface area is 230 Å². The molecule has 1 aromatic heterocycles. The summed E-state index contributed by atoms with van der Waals surface area (Å²) in [5, 5.41) is 30.6. The summed E-state index contributed by atoms with van der Waals surface area (Å²) in [6.07, 6.45) is 1.24. The van der Waals surface area contributed by atoms with Gasteiger partial charge in [0.15, 0.2) is 0 Å². The molecule has 0 aliphatic carbocycles. The Morgan fingerprint density at radius 2 is 1.69 bits per heavy atom. The number of hydrogen-bond donors (Lipinski definition) is 2. The zero-order chi connectivity index (χ0) is 28.9. The lowest BCUT2D eigenvalue weighted by atomic mass is 9.79. The number of aromatic hydroxyl groups is 1. The number of nitroso groups, excluding NO2 is 1. The van der Waals surface area contributed by atoms with Gasteiger partial charge >= 0.3 is 5.97 Å². The molecule has 1 unspecified atom stereocenters. The largest absolute Gasteiger partial charge is 0.505 e. The van der Waals surface area contributed by atoms with Crippen molar-refractivity contribution < 1.29 is 19.8 Å². The Bertz CT molecular complexity index is 1380. The molecule has 2 aromatic carbocycles. The molecule has 3 aromatic rings. The van der Waals surface area contributed by atoms with E-state index in [0.717, 1.165) is 11.1 Å². The van der Waals surface area contributed by atoms with Crippen LogP contribution in [0.3, 0.4) is 0 Å². The van der Waals surface area contributed by atoms with Gasteiger partial charge in [0.1, 0.15) is 22.5 Å². The van der Waals surface area contributed by atoms with Gasteiger partial charge in [-0.15, -0.1) is 15.0 Å². The third kappa shape index (κ3) is 5.41. The number of aryl methyl sites for hydroxylation is 1. The van der Waals surface area contributed by atoms with Gasteiger partial charge < -0.3 is 10.2 Å². The van der Waals surface area contributed by atoms with Crippen LogP contribution in [0.5, 0.6) is 5.75 Å². The van der Waals surface area contributed by atoms with Crippen LogP contribution in [0.15, 0.2) is 30.3 Å². The smallest absolute Gasteiger partial charge is 0.303 e. The molecule has 2 N–H and O–H groups in total. The number of carbonyl (C=O) groups is 1. The minimum Gasteiger partial charge on any atom is -0.505 e. The van der Waals surface area contributed by atoms with Gasteiger partial charge in [-0.2, -0.15) is 0 Å². The molecule has 9 nitrogen and oxygen atoms in total. The molecule has 1 fully saturated rings. The van der Waals surface area contributed by atoms with Crippen LogP contribution in [0, 0.1) is 4.91 Å². The predicted octanol–water partition coefficient (Wildman–Crippen LogP) is 5.02. The van der Waals surface area contributed by atoms with Crippen LogP contribution in [0.4, 0.5) is 0 Å². The minimum absolute atomic E-state index is 0.0468. The second-order valence-electron chi connectivity index (χ2n) is 13.0. The molecule has 0 saturated carbocycles. The van der Waals surface area contributed by atoms with Gasteiger partial charge in [-0.25, -0.2) is 0 Å². The van der Waals surface area contributed by atoms with Gasteiger partial charge in [-0.05, 0) is 76.3 Å². The molecular formula is C30H42N5O4+. The second-order valence-corrected chi connectivity index (χ2v) is 13.0. The van der Waals surface area contributed by atoms with Gasteiger partial charge in [-0.1, -0.05) is 39.0 Å². The zero-order valence-corrected chi connectivity index (χ0v) is 24.4. The number of nitrogens with zero attached hydrogens (tertiary/aromatic N) is 5. The predicted molar refractivity (Wildman–Crippen MR) is 152 cm³/mol. The summed E-state index contributed by atoms with van der Waals surface area (Å²) in [7, 11) is 2.06. The molecule has 210 valence electrons. The lowest BCUT2D eigenvalue weighted by molar-refractivity contribution is -0.627. The molecule has 1 atom stereocenters. The Balaban J connectivity index is 1.88. The number of aliphatic carboxylic acids is 1. The molecule has 4 rings (SSSR count). The first-order valence-electron chi connectivity index (χ1n) is 13.6. The van der Waals surface area contributed by atoms with Crippen LogP contribution in [0.1, 0.15) is 78.0 Å². The Morgan fingerprint density at radius 1 is 1.10 bits per heavy atom. The molecule has 9 heteroatoms. The highest BCUT2D eigenvalue weighted by atomic mass is 16.4. The molecule has 0 radical (unpaired) electrons. The first-order valence-corrected chi connectivity index (χ1v) is 13.6. The molecule has 1 saturated heterocycles. The lowest BCUT2D eigenvalue weighted by Crippen LogP contribution is -2.68. The van der Waals surface area contributed by atoms with E-state index in [1.165, 1.54) is 9.56 Å². The van der Waals surface area contributed by atoms with Crippen LogP contribution < -0.4 is 0 Å². The number of aromatic nitrogens is 3. The number of carboxylic acids is 1. The SMILES string of the molecule is CN1C(C)(C)C[N+](=O)C(CCc2c(CCC(=O)O)cc(C(C)(C)C)c(O)c2-n2nc3ccccc3n2)C1(C)C. The van der Waals surface area contributed by atoms with Crippen LogP contribution >= 0.6 is 0 Å². The highest BCUT2D eigenvalue weighted by molar-refractivity contribution is 5.74. The average molecular weight is 537 g/mol. The van der Waals surface area contributed by atoms with Gasteiger partial charge in [-0.3, -0.25) is 9.69 Å². The first kappa shape index (κ1) is 28.7. The van der Waals surface area contributed by atoms with Crippen molar-refractivity contribution in [3.05, 3.63) is 51.9 Å². The van der Waals surface area contributed by atoms with E-state index in [1.807, 2.05) is 51.1 Å². The maximum atomic E-state index is 13.4. The van der Waals surface area contributed by atoms with E-state index in [-0.39, 0.29) is 23.8 Å². The van der Waals surface area contributed by atoms with E-state index in [0.29, 0.717) is 48.1 Å². The molecule has 0 spiro atoms. The van der Waals surface area contributed by atoms with E-state index in [1.54, 1.807) is 0 Å². The van der Waals surface area contributed by atoms with Crippen molar-refractivity contribution in [1.29, 1.82) is 0 Å². The topological polar surface area (TPSA) is 112 Å². The van der Waals surface area contributed by atoms with E-state index in [9.17, 15) is 19.9 Å². The lowest BCUT2D eigenvalue weighted by Gasteiger charge is -2.49. The number of carboxylic acid groups (broad SMARTS) is 1. The summed E-state index contributed by atoms with van der Waals surface area (Å²) in [4.78, 5) is 28.7. The monoisotopic (exact) mass is 536 g/mol. The minimum atomic E-state index is -0.890. The highest BCUT2D eigenvalue weighted by Gasteiger charge is 2.55. The number of hydrogen-bond acceptors (Lipinski definition) is 6. The third-order valence-corrected chi connectivity index (χ3v) is 8.52. The Morgan fingerprint density at radius 3 is 2.23 bits per heavy atom. The van der Waals surface area contributed by atoms with E-state index in [4.69, 9.17) is 0 Å². The molecule has 0 amide bonds. The van der Waals surface area contributed by atoms with Crippen molar-refractivity contribution in [2.45, 2.75) is 96.7 Å². The quantitative estimate of drug-likeness (QED) is 0.408. The van der Waals surface area contributed by atoms with Crippen molar-refractivity contribution in [3.8, 4) is 11.4 Å². The fourth-order valence-electron chi connectivity index (χ4n) is 5.97. The summed E-state index contributed by atoms with van der Waals surface area (Å²) in [6.45, 7) is 14.8. The van der Waals surface area contributed by atoms with E-state index < -0.39 is 16.9 Å². The normalized spacial score (nSPS) is 19.5. The molecule has 2 heterocycles. The Hall–Kier alpha value is -3.33. The number of phenols is 1. The summed E-state index contributed by atoms with van der Waals surface area (Å²) in [5.74, 6) is -0.809. The van der Waals surface area contributed by atoms with Crippen LogP contribution in [0.2, 0.25) is 0 Å². The van der Waals surface area contributed by atoms with Crippen molar-refractivity contribution in [1.82, 2.24) is 19.9 Å². The van der Waals surface area contributed by atoms with Gasteiger partial charge in [0.25, 0.3) is 0 Å². The fourth-order valence-corrected chi connectivity index (χ4v) is 5.97. The van der Waals surface area contributed by atoms with E-state index in [2.05, 4.69) is 49.8 Å². The maximum Gasteiger partial charge on any atom is 0.303 e.